The molecule has 2 aliphatic heterocycles. The Balaban J connectivity index is 2.03. The number of hydrogen-bond acceptors (Lipinski definition) is 3. The van der Waals surface area contributed by atoms with Crippen molar-refractivity contribution in [3.63, 3.8) is 0 Å². The molecule has 0 aromatic rings. The van der Waals surface area contributed by atoms with Gasteiger partial charge in [0.2, 0.25) is 0 Å². The minimum Gasteiger partial charge on any atom is -0.395 e. The summed E-state index contributed by atoms with van der Waals surface area (Å²) >= 11 is 0. The molecule has 2 saturated heterocycles. The van der Waals surface area contributed by atoms with E-state index in [9.17, 15) is 0 Å². The fraction of sp³-hybridized carbons (Fsp3) is 1.00. The first kappa shape index (κ1) is 11.4. The summed E-state index contributed by atoms with van der Waals surface area (Å²) in [6.45, 7) is 8.28. The smallest absolute Gasteiger partial charge is 0.0558 e. The molecule has 1 atom stereocenters. The second kappa shape index (κ2) is 4.81. The molecule has 15 heavy (non-hydrogen) atoms. The third-order valence-electron chi connectivity index (χ3n) is 4.22. The Labute approximate surface area is 93.1 Å². The molecule has 1 unspecified atom stereocenters. The van der Waals surface area contributed by atoms with Gasteiger partial charge in [-0.05, 0) is 32.4 Å². The van der Waals surface area contributed by atoms with Gasteiger partial charge in [0.1, 0.15) is 0 Å². The Morgan fingerprint density at radius 2 is 2.07 bits per heavy atom. The van der Waals surface area contributed by atoms with E-state index in [1.807, 2.05) is 0 Å². The molecule has 0 bridgehead atoms. The van der Waals surface area contributed by atoms with Crippen LogP contribution in [0.2, 0.25) is 0 Å². The third-order valence-corrected chi connectivity index (χ3v) is 4.22. The lowest BCUT2D eigenvalue weighted by molar-refractivity contribution is 0.0379. The van der Waals surface area contributed by atoms with E-state index >= 15 is 0 Å². The van der Waals surface area contributed by atoms with Crippen molar-refractivity contribution in [2.75, 3.05) is 39.3 Å². The van der Waals surface area contributed by atoms with Gasteiger partial charge in [-0.3, -0.25) is 4.90 Å². The van der Waals surface area contributed by atoms with Gasteiger partial charge in [-0.15, -0.1) is 0 Å². The van der Waals surface area contributed by atoms with E-state index in [4.69, 9.17) is 5.11 Å². The molecule has 2 rings (SSSR count). The summed E-state index contributed by atoms with van der Waals surface area (Å²) < 4.78 is 0. The predicted octanol–water partition coefficient (Wildman–Crippen LogP) is 0.929. The Bertz CT molecular complexity index is 208. The maximum absolute atomic E-state index is 9.13. The van der Waals surface area contributed by atoms with Crippen LogP contribution in [0, 0.1) is 0 Å². The molecule has 3 heteroatoms. The average molecular weight is 212 g/mol. The van der Waals surface area contributed by atoms with Crippen molar-refractivity contribution >= 4 is 0 Å². The SMILES string of the molecule is CCN1CCC2(CCCCN2CCO)C1. The van der Waals surface area contributed by atoms with E-state index in [1.165, 1.54) is 51.9 Å². The molecule has 2 aliphatic rings. The fourth-order valence-corrected chi connectivity index (χ4v) is 3.29. The number of aliphatic hydroxyl groups is 1. The molecule has 1 N–H and O–H groups in total. The van der Waals surface area contributed by atoms with Gasteiger partial charge in [-0.25, -0.2) is 0 Å². The van der Waals surface area contributed by atoms with E-state index in [1.54, 1.807) is 0 Å². The summed E-state index contributed by atoms with van der Waals surface area (Å²) in [7, 11) is 0. The second-order valence-electron chi connectivity index (χ2n) is 5.01. The highest BCUT2D eigenvalue weighted by Crippen LogP contribution is 2.35. The first-order chi connectivity index (χ1) is 7.30. The number of hydrogen-bond donors (Lipinski definition) is 1. The summed E-state index contributed by atoms with van der Waals surface area (Å²) in [6, 6.07) is 0. The lowest BCUT2D eigenvalue weighted by atomic mass is 9.86. The first-order valence-electron chi connectivity index (χ1n) is 6.39. The van der Waals surface area contributed by atoms with E-state index in [0.29, 0.717) is 12.1 Å². The molecule has 88 valence electrons. The van der Waals surface area contributed by atoms with Crippen molar-refractivity contribution < 1.29 is 5.11 Å². The predicted molar refractivity (Wildman–Crippen MR) is 62.0 cm³/mol. The average Bonchev–Trinajstić information content (AvgIpc) is 2.67. The molecule has 3 nitrogen and oxygen atoms in total. The topological polar surface area (TPSA) is 26.7 Å². The Morgan fingerprint density at radius 3 is 2.73 bits per heavy atom. The summed E-state index contributed by atoms with van der Waals surface area (Å²) in [5, 5.41) is 9.13. The van der Waals surface area contributed by atoms with Crippen molar-refractivity contribution in [2.24, 2.45) is 0 Å². The number of likely N-dealkylation sites (tertiary alicyclic amines) is 2. The van der Waals surface area contributed by atoms with Crippen molar-refractivity contribution in [1.29, 1.82) is 0 Å². The van der Waals surface area contributed by atoms with Gasteiger partial charge in [0.15, 0.2) is 0 Å². The monoisotopic (exact) mass is 212 g/mol. The lowest BCUT2D eigenvalue weighted by Gasteiger charge is -2.45. The van der Waals surface area contributed by atoms with Crippen LogP contribution >= 0.6 is 0 Å². The zero-order valence-corrected chi connectivity index (χ0v) is 9.91. The van der Waals surface area contributed by atoms with E-state index in [2.05, 4.69) is 16.7 Å². The molecule has 0 amide bonds. The van der Waals surface area contributed by atoms with Crippen LogP contribution < -0.4 is 0 Å². The van der Waals surface area contributed by atoms with Crippen LogP contribution in [0.25, 0.3) is 0 Å². The Hall–Kier alpha value is -0.120. The highest BCUT2D eigenvalue weighted by molar-refractivity contribution is 5.00. The molecule has 1 spiro atoms. The zero-order chi connectivity index (χ0) is 10.7. The number of piperidine rings is 1. The van der Waals surface area contributed by atoms with Crippen molar-refractivity contribution in [3.8, 4) is 0 Å². The molecule has 2 fully saturated rings. The van der Waals surface area contributed by atoms with E-state index < -0.39 is 0 Å². The molecular formula is C12H24N2O. The van der Waals surface area contributed by atoms with Gasteiger partial charge in [0, 0.05) is 25.2 Å². The van der Waals surface area contributed by atoms with Crippen molar-refractivity contribution in [2.45, 2.75) is 38.1 Å². The molecular weight excluding hydrogens is 188 g/mol. The molecule has 0 aliphatic carbocycles. The number of nitrogens with zero attached hydrogens (tertiary/aromatic N) is 2. The number of likely N-dealkylation sites (N-methyl/N-ethyl adjacent to an activating group) is 1. The van der Waals surface area contributed by atoms with Gasteiger partial charge in [-0.2, -0.15) is 0 Å². The van der Waals surface area contributed by atoms with E-state index in [0.717, 1.165) is 6.54 Å². The van der Waals surface area contributed by atoms with Crippen LogP contribution in [-0.2, 0) is 0 Å². The van der Waals surface area contributed by atoms with Crippen LogP contribution in [0.15, 0.2) is 0 Å². The van der Waals surface area contributed by atoms with Crippen molar-refractivity contribution in [1.82, 2.24) is 9.80 Å². The van der Waals surface area contributed by atoms with Gasteiger partial charge in [0.05, 0.1) is 6.61 Å². The van der Waals surface area contributed by atoms with Crippen LogP contribution in [0.1, 0.15) is 32.6 Å². The summed E-state index contributed by atoms with van der Waals surface area (Å²) in [5.74, 6) is 0. The number of aliphatic hydroxyl groups excluding tert-OH is 1. The molecule has 0 aromatic heterocycles. The summed E-state index contributed by atoms with van der Waals surface area (Å²) in [5.41, 5.74) is 0.414. The van der Waals surface area contributed by atoms with Gasteiger partial charge < -0.3 is 10.0 Å². The maximum atomic E-state index is 9.13. The second-order valence-corrected chi connectivity index (χ2v) is 5.01. The van der Waals surface area contributed by atoms with Crippen LogP contribution in [-0.4, -0.2) is 59.8 Å². The quantitative estimate of drug-likeness (QED) is 0.754. The zero-order valence-electron chi connectivity index (χ0n) is 9.91. The van der Waals surface area contributed by atoms with Crippen LogP contribution in [0.4, 0.5) is 0 Å². The number of β-amino-alcohol motifs (C(OH)–C–C–N with tert-alkyl or cyclic N) is 1. The number of rotatable bonds is 3. The standard InChI is InChI=1S/C12H24N2O/c1-2-13-8-6-12(11-13)5-3-4-7-14(12)9-10-15/h15H,2-11H2,1H3. The first-order valence-corrected chi connectivity index (χ1v) is 6.39. The van der Waals surface area contributed by atoms with Gasteiger partial charge in [-0.1, -0.05) is 13.3 Å². The largest absolute Gasteiger partial charge is 0.395 e. The minimum atomic E-state index is 0.313. The highest BCUT2D eigenvalue weighted by atomic mass is 16.3. The molecule has 0 aromatic carbocycles. The lowest BCUT2D eigenvalue weighted by Crippen LogP contribution is -2.54. The highest BCUT2D eigenvalue weighted by Gasteiger charge is 2.43. The maximum Gasteiger partial charge on any atom is 0.0558 e. The summed E-state index contributed by atoms with van der Waals surface area (Å²) in [4.78, 5) is 5.10. The fourth-order valence-electron chi connectivity index (χ4n) is 3.29. The molecule has 2 heterocycles. The third kappa shape index (κ3) is 2.19. The van der Waals surface area contributed by atoms with E-state index in [-0.39, 0.29) is 0 Å². The normalized spacial score (nSPS) is 34.0. The van der Waals surface area contributed by atoms with Crippen LogP contribution in [0.5, 0.6) is 0 Å². The molecule has 0 saturated carbocycles. The van der Waals surface area contributed by atoms with Gasteiger partial charge >= 0.3 is 0 Å². The minimum absolute atomic E-state index is 0.313. The molecule has 0 radical (unpaired) electrons. The Morgan fingerprint density at radius 1 is 1.20 bits per heavy atom. The summed E-state index contributed by atoms with van der Waals surface area (Å²) in [6.07, 6.45) is 5.33. The van der Waals surface area contributed by atoms with Crippen LogP contribution in [0.3, 0.4) is 0 Å². The van der Waals surface area contributed by atoms with Crippen molar-refractivity contribution in [3.05, 3.63) is 0 Å². The Kier molecular flexibility index (Phi) is 3.65. The van der Waals surface area contributed by atoms with Gasteiger partial charge in [0.25, 0.3) is 0 Å².